The van der Waals surface area contributed by atoms with Crippen LogP contribution in [0.1, 0.15) is 25.7 Å². The highest BCUT2D eigenvalue weighted by Crippen LogP contribution is 2.35. The Morgan fingerprint density at radius 1 is 1.42 bits per heavy atom. The van der Waals surface area contributed by atoms with Crippen LogP contribution < -0.4 is 4.72 Å². The van der Waals surface area contributed by atoms with Gasteiger partial charge in [0.2, 0.25) is 10.0 Å². The fourth-order valence-corrected chi connectivity index (χ4v) is 6.05. The molecule has 1 saturated carbocycles. The van der Waals surface area contributed by atoms with Crippen LogP contribution >= 0.6 is 50.5 Å². The van der Waals surface area contributed by atoms with E-state index in [9.17, 15) is 8.42 Å². The summed E-state index contributed by atoms with van der Waals surface area (Å²) in [6.45, 7) is 0.392. The van der Waals surface area contributed by atoms with Gasteiger partial charge in [-0.25, -0.2) is 13.1 Å². The molecule has 19 heavy (non-hydrogen) atoms. The van der Waals surface area contributed by atoms with Crippen molar-refractivity contribution in [1.29, 1.82) is 0 Å². The quantitative estimate of drug-likeness (QED) is 0.760. The Morgan fingerprint density at radius 2 is 2.11 bits per heavy atom. The van der Waals surface area contributed by atoms with E-state index < -0.39 is 10.0 Å². The SMILES string of the molecule is O=S(=O)(NCC1CCCCC1Cl)c1cc(Cl)c(Br)s1. The maximum atomic E-state index is 12.1. The predicted molar refractivity (Wildman–Crippen MR) is 83.8 cm³/mol. The van der Waals surface area contributed by atoms with Gasteiger partial charge in [-0.1, -0.05) is 24.4 Å². The third-order valence-corrected chi connectivity index (χ3v) is 8.19. The average Bonchev–Trinajstić information content (AvgIpc) is 2.70. The average molecular weight is 407 g/mol. The molecule has 2 unspecified atom stereocenters. The molecule has 2 atom stereocenters. The summed E-state index contributed by atoms with van der Waals surface area (Å²) in [4.78, 5) is 0. The van der Waals surface area contributed by atoms with Crippen molar-refractivity contribution < 1.29 is 8.42 Å². The molecule has 1 N–H and O–H groups in total. The molecular formula is C11H14BrCl2NO2S2. The standard InChI is InChI=1S/C11H14BrCl2NO2S2/c12-11-9(14)5-10(18-11)19(16,17)15-6-7-3-1-2-4-8(7)13/h5,7-8,15H,1-4,6H2. The van der Waals surface area contributed by atoms with Gasteiger partial charge in [-0.2, -0.15) is 0 Å². The summed E-state index contributed by atoms with van der Waals surface area (Å²) >= 11 is 16.4. The van der Waals surface area contributed by atoms with Gasteiger partial charge in [-0.15, -0.1) is 22.9 Å². The largest absolute Gasteiger partial charge is 0.250 e. The van der Waals surface area contributed by atoms with E-state index in [1.807, 2.05) is 0 Å². The third-order valence-electron chi connectivity index (χ3n) is 3.24. The van der Waals surface area contributed by atoms with Crippen molar-refractivity contribution in [2.75, 3.05) is 6.54 Å². The van der Waals surface area contributed by atoms with Gasteiger partial charge in [-0.05, 0) is 40.8 Å². The van der Waals surface area contributed by atoms with Gasteiger partial charge in [0.15, 0.2) is 0 Å². The Balaban J connectivity index is 2.01. The number of hydrogen-bond donors (Lipinski definition) is 1. The molecule has 0 aromatic carbocycles. The molecule has 0 amide bonds. The normalized spacial score (nSPS) is 24.6. The predicted octanol–water partition coefficient (Wildman–Crippen LogP) is 4.24. The van der Waals surface area contributed by atoms with Crippen LogP contribution in [-0.4, -0.2) is 20.3 Å². The van der Waals surface area contributed by atoms with E-state index in [0.717, 1.165) is 37.0 Å². The fraction of sp³-hybridized carbons (Fsp3) is 0.636. The van der Waals surface area contributed by atoms with Crippen LogP contribution in [0, 0.1) is 5.92 Å². The summed E-state index contributed by atoms with van der Waals surface area (Å²) < 4.78 is 27.7. The summed E-state index contributed by atoms with van der Waals surface area (Å²) in [7, 11) is -3.49. The van der Waals surface area contributed by atoms with Crippen LogP contribution in [0.4, 0.5) is 0 Å². The van der Waals surface area contributed by atoms with Crippen molar-refractivity contribution in [1.82, 2.24) is 4.72 Å². The number of sulfonamides is 1. The van der Waals surface area contributed by atoms with Gasteiger partial charge in [0, 0.05) is 11.9 Å². The highest BCUT2D eigenvalue weighted by atomic mass is 79.9. The van der Waals surface area contributed by atoms with Gasteiger partial charge >= 0.3 is 0 Å². The summed E-state index contributed by atoms with van der Waals surface area (Å²) in [6, 6.07) is 1.46. The number of alkyl halides is 1. The lowest BCUT2D eigenvalue weighted by atomic mass is 9.89. The Morgan fingerprint density at radius 3 is 2.68 bits per heavy atom. The molecule has 0 radical (unpaired) electrons. The molecule has 1 fully saturated rings. The molecule has 1 heterocycles. The van der Waals surface area contributed by atoms with Gasteiger partial charge in [-0.3, -0.25) is 0 Å². The number of rotatable bonds is 4. The van der Waals surface area contributed by atoms with Crippen molar-refractivity contribution in [3.63, 3.8) is 0 Å². The molecule has 0 saturated heterocycles. The molecule has 3 nitrogen and oxygen atoms in total. The minimum atomic E-state index is -3.49. The molecule has 0 aliphatic heterocycles. The number of halogens is 3. The summed E-state index contributed by atoms with van der Waals surface area (Å²) in [5.74, 6) is 0.212. The molecular weight excluding hydrogens is 393 g/mol. The van der Waals surface area contributed by atoms with E-state index in [4.69, 9.17) is 23.2 Å². The van der Waals surface area contributed by atoms with Gasteiger partial charge in [0.25, 0.3) is 0 Å². The van der Waals surface area contributed by atoms with Crippen LogP contribution in [-0.2, 0) is 10.0 Å². The van der Waals surface area contributed by atoms with Crippen molar-refractivity contribution in [3.8, 4) is 0 Å². The van der Waals surface area contributed by atoms with Crippen molar-refractivity contribution in [2.45, 2.75) is 35.3 Å². The third kappa shape index (κ3) is 4.08. The second kappa shape index (κ2) is 6.62. The van der Waals surface area contributed by atoms with E-state index >= 15 is 0 Å². The minimum absolute atomic E-state index is 0.0649. The lowest BCUT2D eigenvalue weighted by Crippen LogP contribution is -2.34. The van der Waals surface area contributed by atoms with Gasteiger partial charge in [0.05, 0.1) is 8.81 Å². The monoisotopic (exact) mass is 405 g/mol. The van der Waals surface area contributed by atoms with Gasteiger partial charge in [0.1, 0.15) is 4.21 Å². The maximum Gasteiger partial charge on any atom is 0.250 e. The first kappa shape index (κ1) is 16.0. The Kier molecular flexibility index (Phi) is 5.59. The summed E-state index contributed by atoms with van der Waals surface area (Å²) in [6.07, 6.45) is 4.19. The number of nitrogens with one attached hydrogen (secondary N) is 1. The molecule has 108 valence electrons. The fourth-order valence-electron chi connectivity index (χ4n) is 2.14. The molecule has 1 aromatic rings. The van der Waals surface area contributed by atoms with E-state index in [1.165, 1.54) is 6.07 Å². The summed E-state index contributed by atoms with van der Waals surface area (Å²) in [5, 5.41) is 0.480. The Bertz CT molecular complexity index is 527. The van der Waals surface area contributed by atoms with E-state index in [-0.39, 0.29) is 15.5 Å². The van der Waals surface area contributed by atoms with Crippen LogP contribution in [0.2, 0.25) is 5.02 Å². The van der Waals surface area contributed by atoms with Gasteiger partial charge < -0.3 is 0 Å². The molecule has 0 bridgehead atoms. The highest BCUT2D eigenvalue weighted by molar-refractivity contribution is 9.11. The Labute approximate surface area is 135 Å². The zero-order chi connectivity index (χ0) is 14.0. The van der Waals surface area contributed by atoms with E-state index in [1.54, 1.807) is 0 Å². The minimum Gasteiger partial charge on any atom is -0.210 e. The lowest BCUT2D eigenvalue weighted by Gasteiger charge is -2.26. The molecule has 2 rings (SSSR count). The lowest BCUT2D eigenvalue weighted by molar-refractivity contribution is 0.364. The van der Waals surface area contributed by atoms with Crippen LogP contribution in [0.25, 0.3) is 0 Å². The number of hydrogen-bond acceptors (Lipinski definition) is 3. The van der Waals surface area contributed by atoms with Crippen LogP contribution in [0.15, 0.2) is 14.1 Å². The molecule has 1 aromatic heterocycles. The number of thiophene rings is 1. The summed E-state index contributed by atoms with van der Waals surface area (Å²) in [5.41, 5.74) is 0. The smallest absolute Gasteiger partial charge is 0.210 e. The molecule has 1 aliphatic carbocycles. The Hall–Kier alpha value is 0.670. The zero-order valence-corrected chi connectivity index (χ0v) is 14.8. The second-order valence-corrected chi connectivity index (χ2v) is 9.93. The second-order valence-electron chi connectivity index (χ2n) is 4.60. The van der Waals surface area contributed by atoms with E-state index in [2.05, 4.69) is 20.7 Å². The highest BCUT2D eigenvalue weighted by Gasteiger charge is 2.26. The van der Waals surface area contributed by atoms with Crippen LogP contribution in [0.3, 0.4) is 0 Å². The van der Waals surface area contributed by atoms with Crippen molar-refractivity contribution in [3.05, 3.63) is 14.9 Å². The first-order chi connectivity index (χ1) is 8.90. The topological polar surface area (TPSA) is 46.2 Å². The first-order valence-corrected chi connectivity index (χ1v) is 9.89. The molecule has 1 aliphatic rings. The molecule has 8 heteroatoms. The first-order valence-electron chi connectivity index (χ1n) is 5.98. The van der Waals surface area contributed by atoms with Crippen molar-refractivity contribution >= 4 is 60.5 Å². The van der Waals surface area contributed by atoms with Crippen LogP contribution in [0.5, 0.6) is 0 Å². The molecule has 0 spiro atoms. The van der Waals surface area contributed by atoms with Crippen molar-refractivity contribution in [2.24, 2.45) is 5.92 Å². The van der Waals surface area contributed by atoms with E-state index in [0.29, 0.717) is 15.4 Å². The zero-order valence-electron chi connectivity index (χ0n) is 10.0. The maximum absolute atomic E-state index is 12.1.